The fourth-order valence-corrected chi connectivity index (χ4v) is 5.55. The van der Waals surface area contributed by atoms with Gasteiger partial charge in [-0.3, -0.25) is 0 Å². The Morgan fingerprint density at radius 1 is 0.750 bits per heavy atom. The maximum Gasteiger partial charge on any atom is 0.201 e. The van der Waals surface area contributed by atoms with Crippen molar-refractivity contribution in [2.24, 2.45) is 5.92 Å². The minimum absolute atomic E-state index is 0.0662. The van der Waals surface area contributed by atoms with Crippen LogP contribution in [0.4, 0.5) is 8.78 Å². The van der Waals surface area contributed by atoms with Crippen LogP contribution in [0.2, 0.25) is 0 Å². The third-order valence-electron chi connectivity index (χ3n) is 7.93. The average Bonchev–Trinajstić information content (AvgIpc) is 2.92. The van der Waals surface area contributed by atoms with Gasteiger partial charge in [-0.25, -0.2) is 4.39 Å². The smallest absolute Gasteiger partial charge is 0.201 e. The molecule has 1 saturated heterocycles. The van der Waals surface area contributed by atoms with E-state index in [2.05, 4.69) is 31.2 Å². The Balaban J connectivity index is 1.27. The van der Waals surface area contributed by atoms with Gasteiger partial charge >= 0.3 is 0 Å². The zero-order valence-electron chi connectivity index (χ0n) is 21.9. The van der Waals surface area contributed by atoms with Gasteiger partial charge in [0.2, 0.25) is 5.82 Å². The van der Waals surface area contributed by atoms with Crippen LogP contribution in [0.15, 0.2) is 36.4 Å². The molecular formula is C31H42F2O3. The molecule has 0 aromatic heterocycles. The third kappa shape index (κ3) is 6.86. The molecule has 0 bridgehead atoms. The molecule has 36 heavy (non-hydrogen) atoms. The van der Waals surface area contributed by atoms with Crippen LogP contribution in [0.1, 0.15) is 113 Å². The van der Waals surface area contributed by atoms with Crippen LogP contribution in [0.3, 0.4) is 0 Å². The number of benzene rings is 2. The number of hydrogen-bond acceptors (Lipinski definition) is 3. The molecule has 1 heterocycles. The largest absolute Gasteiger partial charge is 0.490 e. The van der Waals surface area contributed by atoms with E-state index in [4.69, 9.17) is 14.2 Å². The molecule has 0 spiro atoms. The minimum atomic E-state index is -0.983. The summed E-state index contributed by atoms with van der Waals surface area (Å²) in [6.07, 6.45) is 11.5. The van der Waals surface area contributed by atoms with E-state index in [0.717, 1.165) is 24.3 Å². The topological polar surface area (TPSA) is 27.7 Å². The van der Waals surface area contributed by atoms with E-state index in [0.29, 0.717) is 25.7 Å². The molecule has 2 fully saturated rings. The van der Waals surface area contributed by atoms with Gasteiger partial charge in [-0.1, -0.05) is 70.2 Å². The van der Waals surface area contributed by atoms with Crippen LogP contribution in [-0.2, 0) is 9.47 Å². The molecule has 0 unspecified atom stereocenters. The van der Waals surface area contributed by atoms with Gasteiger partial charge in [-0.15, -0.1) is 0 Å². The Hall–Kier alpha value is -1.98. The van der Waals surface area contributed by atoms with Crippen molar-refractivity contribution in [3.8, 4) is 5.75 Å². The summed E-state index contributed by atoms with van der Waals surface area (Å²) >= 11 is 0. The van der Waals surface area contributed by atoms with Crippen LogP contribution < -0.4 is 4.74 Å². The van der Waals surface area contributed by atoms with Crippen molar-refractivity contribution in [1.29, 1.82) is 0 Å². The van der Waals surface area contributed by atoms with Crippen molar-refractivity contribution in [1.82, 2.24) is 0 Å². The zero-order valence-corrected chi connectivity index (χ0v) is 21.9. The van der Waals surface area contributed by atoms with E-state index in [1.165, 1.54) is 69.1 Å². The standard InChI is InChI=1S/C31H42F2O3/c1-3-5-7-8-22-9-11-23(12-10-22)24-13-15-25(16-14-24)26-20-35-31(36-21-26)27-17-18-28(30(33)29(27)32)34-19-6-4-2/h13-18,22-23,26,31H,3-12,19-21H2,1-2H3. The van der Waals surface area contributed by atoms with Gasteiger partial charge in [0.05, 0.1) is 19.8 Å². The highest BCUT2D eigenvalue weighted by Gasteiger charge is 2.29. The summed E-state index contributed by atoms with van der Waals surface area (Å²) in [5.74, 6) is -0.353. The third-order valence-corrected chi connectivity index (χ3v) is 7.93. The van der Waals surface area contributed by atoms with Crippen LogP contribution in [0, 0.1) is 17.6 Å². The Morgan fingerprint density at radius 3 is 2.03 bits per heavy atom. The second-order valence-corrected chi connectivity index (χ2v) is 10.6. The molecule has 0 radical (unpaired) electrons. The van der Waals surface area contributed by atoms with E-state index in [9.17, 15) is 8.78 Å². The lowest BCUT2D eigenvalue weighted by Crippen LogP contribution is -2.26. The molecule has 4 rings (SSSR count). The van der Waals surface area contributed by atoms with E-state index in [-0.39, 0.29) is 17.2 Å². The van der Waals surface area contributed by atoms with Crippen molar-refractivity contribution < 1.29 is 23.0 Å². The Labute approximate surface area is 215 Å². The Bertz CT molecular complexity index is 930. The summed E-state index contributed by atoms with van der Waals surface area (Å²) < 4.78 is 46.2. The van der Waals surface area contributed by atoms with E-state index >= 15 is 0 Å². The molecule has 0 amide bonds. The Morgan fingerprint density at radius 2 is 1.39 bits per heavy atom. The molecule has 1 saturated carbocycles. The molecule has 0 N–H and O–H groups in total. The minimum Gasteiger partial charge on any atom is -0.490 e. The SMILES string of the molecule is CCCCCC1CCC(c2ccc(C3COC(c4ccc(OCCCC)c(F)c4F)OC3)cc2)CC1. The van der Waals surface area contributed by atoms with Crippen molar-refractivity contribution in [3.63, 3.8) is 0 Å². The highest BCUT2D eigenvalue weighted by atomic mass is 19.2. The van der Waals surface area contributed by atoms with Crippen LogP contribution in [-0.4, -0.2) is 19.8 Å². The summed E-state index contributed by atoms with van der Waals surface area (Å²) in [4.78, 5) is 0. The molecule has 2 aromatic rings. The van der Waals surface area contributed by atoms with Gasteiger partial charge < -0.3 is 14.2 Å². The first-order valence-electron chi connectivity index (χ1n) is 14.0. The average molecular weight is 501 g/mol. The predicted molar refractivity (Wildman–Crippen MR) is 139 cm³/mol. The molecule has 2 aliphatic rings. The summed E-state index contributed by atoms with van der Waals surface area (Å²) in [6.45, 7) is 5.47. The Kier molecular flexibility index (Phi) is 10.2. The second kappa shape index (κ2) is 13.5. The highest BCUT2D eigenvalue weighted by molar-refractivity contribution is 5.32. The van der Waals surface area contributed by atoms with Gasteiger partial charge in [-0.2, -0.15) is 4.39 Å². The summed E-state index contributed by atoms with van der Waals surface area (Å²) in [7, 11) is 0. The number of ether oxygens (including phenoxy) is 3. The predicted octanol–water partition coefficient (Wildman–Crippen LogP) is 8.83. The lowest BCUT2D eigenvalue weighted by molar-refractivity contribution is -0.193. The van der Waals surface area contributed by atoms with E-state index < -0.39 is 17.9 Å². The first kappa shape index (κ1) is 27.1. The highest BCUT2D eigenvalue weighted by Crippen LogP contribution is 2.39. The molecule has 1 aliphatic heterocycles. The molecular weight excluding hydrogens is 458 g/mol. The lowest BCUT2D eigenvalue weighted by atomic mass is 9.77. The fraction of sp³-hybridized carbons (Fsp3) is 0.613. The summed E-state index contributed by atoms with van der Waals surface area (Å²) in [5.41, 5.74) is 2.67. The van der Waals surface area contributed by atoms with Crippen molar-refractivity contribution >= 4 is 0 Å². The monoisotopic (exact) mass is 500 g/mol. The maximum atomic E-state index is 14.7. The van der Waals surface area contributed by atoms with Gasteiger partial charge in [0.15, 0.2) is 17.9 Å². The van der Waals surface area contributed by atoms with E-state index in [1.807, 2.05) is 6.92 Å². The molecule has 198 valence electrons. The molecule has 2 aromatic carbocycles. The van der Waals surface area contributed by atoms with Gasteiger partial charge in [-0.05, 0) is 67.2 Å². The van der Waals surface area contributed by atoms with Gasteiger partial charge in [0.25, 0.3) is 0 Å². The molecule has 5 heteroatoms. The van der Waals surface area contributed by atoms with Gasteiger partial charge in [0, 0.05) is 11.5 Å². The number of unbranched alkanes of at least 4 members (excludes halogenated alkanes) is 3. The van der Waals surface area contributed by atoms with Crippen molar-refractivity contribution in [2.45, 2.75) is 96.2 Å². The van der Waals surface area contributed by atoms with Crippen LogP contribution in [0.25, 0.3) is 0 Å². The van der Waals surface area contributed by atoms with E-state index in [1.54, 1.807) is 0 Å². The number of halogens is 2. The van der Waals surface area contributed by atoms with Crippen LogP contribution >= 0.6 is 0 Å². The maximum absolute atomic E-state index is 14.7. The van der Waals surface area contributed by atoms with Crippen LogP contribution in [0.5, 0.6) is 5.75 Å². The number of rotatable bonds is 11. The molecule has 0 atom stereocenters. The zero-order chi connectivity index (χ0) is 25.3. The normalized spacial score (nSPS) is 24.6. The van der Waals surface area contributed by atoms with Crippen molar-refractivity contribution in [2.75, 3.05) is 19.8 Å². The first-order valence-corrected chi connectivity index (χ1v) is 14.0. The summed E-state index contributed by atoms with van der Waals surface area (Å²) in [6, 6.07) is 11.8. The number of hydrogen-bond donors (Lipinski definition) is 0. The molecule has 1 aliphatic carbocycles. The molecule has 3 nitrogen and oxygen atoms in total. The fourth-order valence-electron chi connectivity index (χ4n) is 5.55. The summed E-state index contributed by atoms with van der Waals surface area (Å²) in [5, 5.41) is 0. The van der Waals surface area contributed by atoms with Gasteiger partial charge in [0.1, 0.15) is 0 Å². The first-order chi connectivity index (χ1) is 17.6. The van der Waals surface area contributed by atoms with Crippen molar-refractivity contribution in [3.05, 3.63) is 64.7 Å². The quantitative estimate of drug-likeness (QED) is 0.289. The second-order valence-electron chi connectivity index (χ2n) is 10.6. The lowest BCUT2D eigenvalue weighted by Gasteiger charge is -2.31.